The van der Waals surface area contributed by atoms with Gasteiger partial charge in [0.05, 0.1) is 5.69 Å². The maximum atomic E-state index is 12.6. The SMILES string of the molecule is CSCCC(N/C=C(/C#N)C(=O)N(C(C)=O)c1ccc(N)cc1)C(=O)O. The summed E-state index contributed by atoms with van der Waals surface area (Å²) in [6, 6.07) is 6.77. The van der Waals surface area contributed by atoms with Crippen LogP contribution >= 0.6 is 11.8 Å². The van der Waals surface area contributed by atoms with Gasteiger partial charge in [-0.25, -0.2) is 9.69 Å². The predicted octanol–water partition coefficient (Wildman–Crippen LogP) is 1.35. The lowest BCUT2D eigenvalue weighted by Crippen LogP contribution is -2.38. The Morgan fingerprint density at radius 3 is 2.46 bits per heavy atom. The number of carboxylic acid groups (broad SMARTS) is 1. The van der Waals surface area contributed by atoms with Crippen molar-refractivity contribution in [2.75, 3.05) is 22.6 Å². The van der Waals surface area contributed by atoms with Gasteiger partial charge in [0.1, 0.15) is 17.7 Å². The van der Waals surface area contributed by atoms with Gasteiger partial charge in [0.15, 0.2) is 0 Å². The molecule has 0 aliphatic rings. The van der Waals surface area contributed by atoms with Gasteiger partial charge in [-0.1, -0.05) is 0 Å². The number of hydrogen-bond donors (Lipinski definition) is 3. The number of nitriles is 1. The van der Waals surface area contributed by atoms with E-state index in [1.165, 1.54) is 43.0 Å². The number of aliphatic carboxylic acids is 1. The lowest BCUT2D eigenvalue weighted by molar-refractivity contribution is -0.139. The van der Waals surface area contributed by atoms with Gasteiger partial charge in [0.25, 0.3) is 5.91 Å². The first-order valence-electron chi connectivity index (χ1n) is 7.60. The first-order valence-corrected chi connectivity index (χ1v) is 8.99. The molecule has 9 heteroatoms. The van der Waals surface area contributed by atoms with E-state index in [1.807, 2.05) is 6.26 Å². The molecule has 0 bridgehead atoms. The molecule has 1 rings (SSSR count). The van der Waals surface area contributed by atoms with Crippen LogP contribution in [0.4, 0.5) is 11.4 Å². The standard InChI is InChI=1S/C17H20N4O4S/c1-11(22)21(14-5-3-13(19)4-6-14)16(23)12(9-18)10-20-15(17(24)25)7-8-26-2/h3-6,10,15,20H,7-8,19H2,1-2H3,(H,24,25)/b12-10-. The Balaban J connectivity index is 3.07. The summed E-state index contributed by atoms with van der Waals surface area (Å²) in [6.07, 6.45) is 3.19. The van der Waals surface area contributed by atoms with Crippen LogP contribution in [0.15, 0.2) is 36.0 Å². The fourth-order valence-electron chi connectivity index (χ4n) is 2.03. The molecule has 2 amide bonds. The Kier molecular flexibility index (Phi) is 8.18. The lowest BCUT2D eigenvalue weighted by Gasteiger charge is -2.19. The third-order valence-electron chi connectivity index (χ3n) is 3.36. The predicted molar refractivity (Wildman–Crippen MR) is 100 cm³/mol. The first kappa shape index (κ1) is 21.1. The first-order chi connectivity index (χ1) is 12.3. The molecule has 0 aliphatic carbocycles. The highest BCUT2D eigenvalue weighted by molar-refractivity contribution is 7.98. The number of nitrogens with one attached hydrogen (secondary N) is 1. The fraction of sp³-hybridized carbons (Fsp3) is 0.294. The molecule has 1 aromatic rings. The highest BCUT2D eigenvalue weighted by atomic mass is 32.2. The van der Waals surface area contributed by atoms with Gasteiger partial charge in [-0.15, -0.1) is 0 Å². The van der Waals surface area contributed by atoms with Crippen LogP contribution in [0.25, 0.3) is 0 Å². The average Bonchev–Trinajstić information content (AvgIpc) is 2.59. The van der Waals surface area contributed by atoms with Crippen LogP contribution in [-0.2, 0) is 14.4 Å². The van der Waals surface area contributed by atoms with Crippen LogP contribution in [-0.4, -0.2) is 40.9 Å². The quantitative estimate of drug-likeness (QED) is 0.351. The molecule has 138 valence electrons. The van der Waals surface area contributed by atoms with Crippen molar-refractivity contribution in [1.29, 1.82) is 5.26 Å². The monoisotopic (exact) mass is 376 g/mol. The summed E-state index contributed by atoms with van der Waals surface area (Å²) in [7, 11) is 0. The van der Waals surface area contributed by atoms with E-state index in [4.69, 9.17) is 5.73 Å². The molecule has 0 spiro atoms. The van der Waals surface area contributed by atoms with Crippen molar-refractivity contribution in [2.24, 2.45) is 0 Å². The number of amides is 2. The van der Waals surface area contributed by atoms with Crippen LogP contribution in [0.2, 0.25) is 0 Å². The molecule has 0 fully saturated rings. The fourth-order valence-corrected chi connectivity index (χ4v) is 2.50. The molecule has 0 radical (unpaired) electrons. The van der Waals surface area contributed by atoms with Crippen LogP contribution in [0.5, 0.6) is 0 Å². The van der Waals surface area contributed by atoms with Gasteiger partial charge in [0, 0.05) is 18.8 Å². The smallest absolute Gasteiger partial charge is 0.326 e. The molecule has 1 aromatic carbocycles. The summed E-state index contributed by atoms with van der Waals surface area (Å²) in [5.74, 6) is -1.94. The summed E-state index contributed by atoms with van der Waals surface area (Å²) in [4.78, 5) is 36.5. The van der Waals surface area contributed by atoms with Crippen LogP contribution in [0.1, 0.15) is 13.3 Å². The van der Waals surface area contributed by atoms with E-state index in [1.54, 1.807) is 6.07 Å². The van der Waals surface area contributed by atoms with E-state index >= 15 is 0 Å². The molecule has 8 nitrogen and oxygen atoms in total. The molecule has 0 heterocycles. The third kappa shape index (κ3) is 5.82. The largest absolute Gasteiger partial charge is 0.480 e. The number of carbonyl (C=O) groups excluding carboxylic acids is 2. The van der Waals surface area contributed by atoms with E-state index < -0.39 is 23.8 Å². The summed E-state index contributed by atoms with van der Waals surface area (Å²) in [5.41, 5.74) is 5.93. The minimum Gasteiger partial charge on any atom is -0.480 e. The zero-order valence-electron chi connectivity index (χ0n) is 14.4. The number of carboxylic acids is 1. The summed E-state index contributed by atoms with van der Waals surface area (Å²) >= 11 is 1.48. The van der Waals surface area contributed by atoms with Crippen molar-refractivity contribution in [1.82, 2.24) is 5.32 Å². The third-order valence-corrected chi connectivity index (χ3v) is 4.00. The van der Waals surface area contributed by atoms with E-state index in [-0.39, 0.29) is 11.3 Å². The van der Waals surface area contributed by atoms with Gasteiger partial charge < -0.3 is 16.2 Å². The summed E-state index contributed by atoms with van der Waals surface area (Å²) in [6.45, 7) is 1.19. The molecular formula is C17H20N4O4S. The number of rotatable bonds is 8. The number of imide groups is 1. The molecule has 1 unspecified atom stereocenters. The number of nitrogens with zero attached hydrogens (tertiary/aromatic N) is 2. The molecule has 0 aromatic heterocycles. The van der Waals surface area contributed by atoms with E-state index in [2.05, 4.69) is 5.32 Å². The zero-order valence-corrected chi connectivity index (χ0v) is 15.2. The van der Waals surface area contributed by atoms with Crippen molar-refractivity contribution >= 4 is 40.9 Å². The van der Waals surface area contributed by atoms with Crippen LogP contribution in [0.3, 0.4) is 0 Å². The lowest BCUT2D eigenvalue weighted by atomic mass is 10.2. The Hall–Kier alpha value is -2.99. The number of nitrogen functional groups attached to an aromatic ring is 1. The molecule has 0 saturated heterocycles. The Morgan fingerprint density at radius 1 is 1.38 bits per heavy atom. The van der Waals surface area contributed by atoms with Gasteiger partial charge in [0.2, 0.25) is 5.91 Å². The Labute approximate surface area is 155 Å². The van der Waals surface area contributed by atoms with E-state index in [9.17, 15) is 24.8 Å². The average molecular weight is 376 g/mol. The van der Waals surface area contributed by atoms with Crippen molar-refractivity contribution in [3.05, 3.63) is 36.0 Å². The van der Waals surface area contributed by atoms with Gasteiger partial charge >= 0.3 is 5.97 Å². The minimum absolute atomic E-state index is 0.259. The van der Waals surface area contributed by atoms with Crippen LogP contribution in [0, 0.1) is 11.3 Å². The van der Waals surface area contributed by atoms with E-state index in [0.717, 1.165) is 11.1 Å². The number of nitrogens with two attached hydrogens (primary N) is 1. The van der Waals surface area contributed by atoms with Crippen molar-refractivity contribution in [3.8, 4) is 6.07 Å². The summed E-state index contributed by atoms with van der Waals surface area (Å²) in [5, 5.41) is 21.0. The van der Waals surface area contributed by atoms with Gasteiger partial charge in [-0.2, -0.15) is 17.0 Å². The van der Waals surface area contributed by atoms with Crippen molar-refractivity contribution < 1.29 is 19.5 Å². The number of carbonyl (C=O) groups is 3. The normalized spacial score (nSPS) is 12.0. The molecular weight excluding hydrogens is 356 g/mol. The molecule has 4 N–H and O–H groups in total. The number of benzene rings is 1. The minimum atomic E-state index is -1.10. The number of hydrogen-bond acceptors (Lipinski definition) is 7. The Bertz CT molecular complexity index is 740. The van der Waals surface area contributed by atoms with E-state index in [0.29, 0.717) is 17.9 Å². The second kappa shape index (κ2) is 10.1. The molecule has 0 saturated carbocycles. The molecule has 0 aliphatic heterocycles. The number of thioether (sulfide) groups is 1. The summed E-state index contributed by atoms with van der Waals surface area (Å²) < 4.78 is 0. The molecule has 1 atom stereocenters. The van der Waals surface area contributed by atoms with Gasteiger partial charge in [-0.3, -0.25) is 9.59 Å². The maximum absolute atomic E-state index is 12.6. The Morgan fingerprint density at radius 2 is 2.00 bits per heavy atom. The van der Waals surface area contributed by atoms with Crippen LogP contribution < -0.4 is 16.0 Å². The van der Waals surface area contributed by atoms with Gasteiger partial charge in [-0.05, 0) is 42.7 Å². The van der Waals surface area contributed by atoms with Crippen molar-refractivity contribution in [2.45, 2.75) is 19.4 Å². The highest BCUT2D eigenvalue weighted by Gasteiger charge is 2.24. The molecule has 26 heavy (non-hydrogen) atoms. The topological polar surface area (TPSA) is 137 Å². The maximum Gasteiger partial charge on any atom is 0.326 e. The second-order valence-electron chi connectivity index (χ2n) is 5.26. The second-order valence-corrected chi connectivity index (χ2v) is 6.25. The highest BCUT2D eigenvalue weighted by Crippen LogP contribution is 2.19. The van der Waals surface area contributed by atoms with Crippen molar-refractivity contribution in [3.63, 3.8) is 0 Å². The zero-order chi connectivity index (χ0) is 19.7. The number of anilines is 2.